The van der Waals surface area contributed by atoms with Gasteiger partial charge in [-0.1, -0.05) is 29.8 Å². The monoisotopic (exact) mass is 422 g/mol. The highest BCUT2D eigenvalue weighted by Crippen LogP contribution is 2.49. The van der Waals surface area contributed by atoms with Crippen LogP contribution in [0.25, 0.3) is 11.1 Å². The highest BCUT2D eigenvalue weighted by atomic mass is 35.5. The molecule has 2 bridgehead atoms. The minimum Gasteiger partial charge on any atom is -0.373 e. The third-order valence-corrected chi connectivity index (χ3v) is 6.40. The fourth-order valence-electron chi connectivity index (χ4n) is 4.74. The first-order valence-corrected chi connectivity index (χ1v) is 10.4. The Bertz CT molecular complexity index is 1090. The molecule has 3 heterocycles. The highest BCUT2D eigenvalue weighted by molar-refractivity contribution is 6.33. The van der Waals surface area contributed by atoms with Gasteiger partial charge in [0, 0.05) is 40.1 Å². The molecule has 1 aromatic heterocycles. The van der Waals surface area contributed by atoms with Gasteiger partial charge in [0.1, 0.15) is 5.82 Å². The molecule has 30 heavy (non-hydrogen) atoms. The van der Waals surface area contributed by atoms with Crippen LogP contribution >= 0.6 is 11.6 Å². The zero-order valence-corrected chi connectivity index (χ0v) is 16.9. The van der Waals surface area contributed by atoms with E-state index >= 15 is 0 Å². The number of ether oxygens (including phenoxy) is 1. The van der Waals surface area contributed by atoms with Gasteiger partial charge in [-0.25, -0.2) is 4.39 Å². The number of pyridine rings is 1. The quantitative estimate of drug-likeness (QED) is 0.609. The average Bonchev–Trinajstić information content (AvgIpc) is 3.37. The molecule has 2 aliphatic rings. The molecule has 1 amide bonds. The lowest BCUT2D eigenvalue weighted by Gasteiger charge is -2.27. The van der Waals surface area contributed by atoms with Crippen molar-refractivity contribution in [3.8, 4) is 11.1 Å². The van der Waals surface area contributed by atoms with E-state index in [2.05, 4.69) is 10.3 Å². The molecule has 1 N–H and O–H groups in total. The van der Waals surface area contributed by atoms with E-state index in [1.54, 1.807) is 42.7 Å². The molecule has 4 nitrogen and oxygen atoms in total. The Hall–Kier alpha value is -2.76. The maximum absolute atomic E-state index is 14.8. The number of benzene rings is 2. The zero-order chi connectivity index (χ0) is 20.7. The molecule has 2 aliphatic heterocycles. The predicted octanol–water partition coefficient (Wildman–Crippen LogP) is 5.44. The zero-order valence-electron chi connectivity index (χ0n) is 16.1. The fourth-order valence-corrected chi connectivity index (χ4v) is 4.97. The van der Waals surface area contributed by atoms with Crippen LogP contribution in [0.3, 0.4) is 0 Å². The molecule has 0 unspecified atom stereocenters. The molecule has 0 radical (unpaired) electrons. The number of carbonyl (C=O) groups is 1. The van der Waals surface area contributed by atoms with Crippen LogP contribution in [0.2, 0.25) is 5.02 Å². The molecule has 2 aromatic carbocycles. The van der Waals surface area contributed by atoms with E-state index in [9.17, 15) is 9.18 Å². The summed E-state index contributed by atoms with van der Waals surface area (Å²) in [6.07, 6.45) is 5.21. The normalized spacial score (nSPS) is 24.7. The van der Waals surface area contributed by atoms with Crippen LogP contribution < -0.4 is 5.32 Å². The van der Waals surface area contributed by atoms with Crippen molar-refractivity contribution < 1.29 is 13.9 Å². The number of fused-ring (bicyclic) bond motifs is 2. The first-order valence-electron chi connectivity index (χ1n) is 10.0. The van der Waals surface area contributed by atoms with Crippen LogP contribution in [0.15, 0.2) is 67.0 Å². The molecule has 0 saturated carbocycles. The topological polar surface area (TPSA) is 51.2 Å². The number of nitrogens with one attached hydrogen (secondary N) is 1. The summed E-state index contributed by atoms with van der Waals surface area (Å²) < 4.78 is 20.8. The Morgan fingerprint density at radius 1 is 1.03 bits per heavy atom. The van der Waals surface area contributed by atoms with Gasteiger partial charge in [-0.15, -0.1) is 0 Å². The Kier molecular flexibility index (Phi) is 5.01. The molecule has 2 fully saturated rings. The van der Waals surface area contributed by atoms with Gasteiger partial charge < -0.3 is 10.1 Å². The van der Waals surface area contributed by atoms with Crippen molar-refractivity contribution in [2.75, 3.05) is 5.32 Å². The van der Waals surface area contributed by atoms with Crippen LogP contribution in [-0.4, -0.2) is 23.1 Å². The third-order valence-electron chi connectivity index (χ3n) is 6.07. The van der Waals surface area contributed by atoms with E-state index in [1.807, 2.05) is 18.2 Å². The number of nitrogens with zero attached hydrogens (tertiary/aromatic N) is 1. The van der Waals surface area contributed by atoms with Gasteiger partial charge in [-0.3, -0.25) is 9.78 Å². The second-order valence-corrected chi connectivity index (χ2v) is 8.19. The second-order valence-electron chi connectivity index (χ2n) is 7.79. The average molecular weight is 423 g/mol. The fraction of sp³-hybridized carbons (Fsp3) is 0.250. The largest absolute Gasteiger partial charge is 0.373 e. The summed E-state index contributed by atoms with van der Waals surface area (Å²) >= 11 is 6.20. The van der Waals surface area contributed by atoms with Crippen LogP contribution in [0.5, 0.6) is 0 Å². The van der Waals surface area contributed by atoms with Gasteiger partial charge in [-0.05, 0) is 54.8 Å². The smallest absolute Gasteiger partial charge is 0.230 e. The van der Waals surface area contributed by atoms with Crippen molar-refractivity contribution in [3.05, 3.63) is 83.4 Å². The number of carbonyl (C=O) groups excluding carboxylic acids is 1. The summed E-state index contributed by atoms with van der Waals surface area (Å²) in [5, 5.41) is 3.37. The molecular formula is C24H20ClFN2O2. The van der Waals surface area contributed by atoms with Crippen molar-refractivity contribution in [1.82, 2.24) is 4.98 Å². The van der Waals surface area contributed by atoms with E-state index < -0.39 is 5.82 Å². The van der Waals surface area contributed by atoms with Crippen molar-refractivity contribution in [1.29, 1.82) is 0 Å². The van der Waals surface area contributed by atoms with Crippen LogP contribution in [-0.2, 0) is 9.53 Å². The van der Waals surface area contributed by atoms with E-state index in [4.69, 9.17) is 16.3 Å². The van der Waals surface area contributed by atoms with Gasteiger partial charge in [0.25, 0.3) is 0 Å². The van der Waals surface area contributed by atoms with Gasteiger partial charge in [0.15, 0.2) is 0 Å². The molecule has 152 valence electrons. The van der Waals surface area contributed by atoms with Gasteiger partial charge in [0.05, 0.1) is 18.1 Å². The number of anilines is 1. The first kappa shape index (κ1) is 19.2. The first-order chi connectivity index (χ1) is 14.6. The van der Waals surface area contributed by atoms with Crippen molar-refractivity contribution >= 4 is 23.2 Å². The summed E-state index contributed by atoms with van der Waals surface area (Å²) in [6.45, 7) is 0. The molecule has 4 atom stereocenters. The molecule has 6 heteroatoms. The second kappa shape index (κ2) is 7.82. The lowest BCUT2D eigenvalue weighted by molar-refractivity contribution is -0.121. The van der Waals surface area contributed by atoms with E-state index in [1.165, 1.54) is 6.07 Å². The summed E-state index contributed by atoms with van der Waals surface area (Å²) in [4.78, 5) is 17.2. The molecule has 0 aliphatic carbocycles. The van der Waals surface area contributed by atoms with Crippen LogP contribution in [0.4, 0.5) is 10.1 Å². The Labute approximate surface area is 179 Å². The summed E-state index contributed by atoms with van der Waals surface area (Å²) in [5.41, 5.74) is 2.49. The number of rotatable bonds is 4. The number of halogens is 2. The Balaban J connectivity index is 1.39. The van der Waals surface area contributed by atoms with E-state index in [-0.39, 0.29) is 30.0 Å². The minimum atomic E-state index is -0.434. The molecule has 0 spiro atoms. The molecule has 2 saturated heterocycles. The van der Waals surface area contributed by atoms with Crippen molar-refractivity contribution in [2.45, 2.75) is 31.0 Å². The number of aromatic nitrogens is 1. The van der Waals surface area contributed by atoms with Gasteiger partial charge >= 0.3 is 0 Å². The predicted molar refractivity (Wildman–Crippen MR) is 114 cm³/mol. The number of amides is 1. The van der Waals surface area contributed by atoms with Crippen LogP contribution in [0.1, 0.15) is 24.3 Å². The van der Waals surface area contributed by atoms with Crippen molar-refractivity contribution in [3.63, 3.8) is 0 Å². The summed E-state index contributed by atoms with van der Waals surface area (Å²) in [7, 11) is 0. The Morgan fingerprint density at radius 3 is 2.57 bits per heavy atom. The summed E-state index contributed by atoms with van der Waals surface area (Å²) in [5.74, 6) is -0.902. The highest BCUT2D eigenvalue weighted by Gasteiger charge is 2.52. The SMILES string of the molecule is O=C(Nc1ccc(-c2ccccc2Cl)c(F)c1)[C@@H]1[C@@H](c2ccncc2)[C@@H]2CC[C@H]1O2. The van der Waals surface area contributed by atoms with Gasteiger partial charge in [0.2, 0.25) is 5.91 Å². The molecule has 3 aromatic rings. The maximum atomic E-state index is 14.8. The van der Waals surface area contributed by atoms with E-state index in [0.29, 0.717) is 21.8 Å². The van der Waals surface area contributed by atoms with Crippen LogP contribution in [0, 0.1) is 11.7 Å². The summed E-state index contributed by atoms with van der Waals surface area (Å²) in [6, 6.07) is 15.7. The standard InChI is InChI=1S/C24H20ClFN2O2/c25-18-4-2-1-3-16(18)17-6-5-15(13-19(17)26)28-24(29)23-21-8-7-20(30-21)22(23)14-9-11-27-12-10-14/h1-6,9-13,20-23H,7-8H2,(H,28,29)/t20-,21+,22-,23-/m0/s1. The number of hydrogen-bond acceptors (Lipinski definition) is 3. The van der Waals surface area contributed by atoms with Gasteiger partial charge in [-0.2, -0.15) is 0 Å². The minimum absolute atomic E-state index is 0.0148. The third kappa shape index (κ3) is 3.38. The van der Waals surface area contributed by atoms with Crippen molar-refractivity contribution in [2.24, 2.45) is 5.92 Å². The lowest BCUT2D eigenvalue weighted by Crippen LogP contribution is -2.36. The lowest BCUT2D eigenvalue weighted by atomic mass is 9.75. The number of hydrogen-bond donors (Lipinski definition) is 1. The Morgan fingerprint density at radius 2 is 1.80 bits per heavy atom. The molecule has 5 rings (SSSR count). The molecular weight excluding hydrogens is 403 g/mol. The maximum Gasteiger partial charge on any atom is 0.230 e. The van der Waals surface area contributed by atoms with E-state index in [0.717, 1.165) is 18.4 Å².